The SMILES string of the molecule is C[CH]C(=O)c1ccccc1. The van der Waals surface area contributed by atoms with Crippen LogP contribution in [-0.2, 0) is 0 Å². The Labute approximate surface area is 60.7 Å². The molecule has 0 amide bonds. The van der Waals surface area contributed by atoms with Crippen LogP contribution in [0, 0.1) is 6.42 Å². The molecule has 0 saturated carbocycles. The summed E-state index contributed by atoms with van der Waals surface area (Å²) in [4.78, 5) is 11.0. The van der Waals surface area contributed by atoms with Gasteiger partial charge in [0.2, 0.25) is 0 Å². The summed E-state index contributed by atoms with van der Waals surface area (Å²) in [5.74, 6) is 0.0839. The predicted molar refractivity (Wildman–Crippen MR) is 40.7 cm³/mol. The van der Waals surface area contributed by atoms with Crippen molar-refractivity contribution in [3.05, 3.63) is 42.3 Å². The van der Waals surface area contributed by atoms with E-state index in [-0.39, 0.29) is 5.78 Å². The van der Waals surface area contributed by atoms with Gasteiger partial charge in [0.05, 0.1) is 0 Å². The molecule has 0 aliphatic heterocycles. The van der Waals surface area contributed by atoms with E-state index in [9.17, 15) is 4.79 Å². The van der Waals surface area contributed by atoms with Crippen molar-refractivity contribution in [3.63, 3.8) is 0 Å². The van der Waals surface area contributed by atoms with Gasteiger partial charge in [0.15, 0.2) is 5.78 Å². The summed E-state index contributed by atoms with van der Waals surface area (Å²) in [5.41, 5.74) is 0.755. The molecule has 0 bridgehead atoms. The fourth-order valence-electron chi connectivity index (χ4n) is 0.769. The fourth-order valence-corrected chi connectivity index (χ4v) is 0.769. The van der Waals surface area contributed by atoms with E-state index in [2.05, 4.69) is 0 Å². The third-order valence-electron chi connectivity index (χ3n) is 1.32. The van der Waals surface area contributed by atoms with E-state index in [1.807, 2.05) is 30.3 Å². The second-order valence-electron chi connectivity index (χ2n) is 2.02. The number of carbonyl (C=O) groups is 1. The van der Waals surface area contributed by atoms with Crippen LogP contribution in [0.4, 0.5) is 0 Å². The van der Waals surface area contributed by atoms with Crippen LogP contribution in [0.25, 0.3) is 0 Å². The minimum absolute atomic E-state index is 0.0839. The van der Waals surface area contributed by atoms with E-state index in [4.69, 9.17) is 0 Å². The fraction of sp³-hybridized carbons (Fsp3) is 0.111. The standard InChI is InChI=1S/C9H9O/c1-2-9(10)8-6-4-3-5-7-8/h2-7H,1H3. The van der Waals surface area contributed by atoms with Gasteiger partial charge in [-0.15, -0.1) is 0 Å². The van der Waals surface area contributed by atoms with Crippen molar-refractivity contribution < 1.29 is 4.79 Å². The first kappa shape index (κ1) is 7.00. The molecule has 1 heteroatoms. The number of Topliss-reactive ketones (excluding diaryl/α,β-unsaturated/α-hetero) is 1. The molecular formula is C9H9O. The lowest BCUT2D eigenvalue weighted by molar-refractivity contribution is 0.103. The van der Waals surface area contributed by atoms with Gasteiger partial charge in [0.1, 0.15) is 0 Å². The molecule has 51 valence electrons. The van der Waals surface area contributed by atoms with Crippen LogP contribution in [0.5, 0.6) is 0 Å². The average Bonchev–Trinajstić information content (AvgIpc) is 2.05. The summed E-state index contributed by atoms with van der Waals surface area (Å²) in [7, 11) is 0. The molecular weight excluding hydrogens is 124 g/mol. The summed E-state index contributed by atoms with van der Waals surface area (Å²) in [6.45, 7) is 1.75. The van der Waals surface area contributed by atoms with Crippen molar-refractivity contribution in [2.75, 3.05) is 0 Å². The summed E-state index contributed by atoms with van der Waals surface area (Å²) >= 11 is 0. The maximum absolute atomic E-state index is 11.0. The highest BCUT2D eigenvalue weighted by Gasteiger charge is 1.98. The molecule has 0 N–H and O–H groups in total. The minimum Gasteiger partial charge on any atom is -0.294 e. The predicted octanol–water partition coefficient (Wildman–Crippen LogP) is 2.09. The van der Waals surface area contributed by atoms with Gasteiger partial charge in [-0.3, -0.25) is 4.79 Å². The molecule has 0 spiro atoms. The lowest BCUT2D eigenvalue weighted by atomic mass is 10.1. The molecule has 1 radical (unpaired) electrons. The zero-order chi connectivity index (χ0) is 7.40. The van der Waals surface area contributed by atoms with Crippen molar-refractivity contribution in [3.8, 4) is 0 Å². The summed E-state index contributed by atoms with van der Waals surface area (Å²) in [5, 5.41) is 0. The Morgan fingerprint density at radius 2 is 1.90 bits per heavy atom. The van der Waals surface area contributed by atoms with Crippen LogP contribution >= 0.6 is 0 Å². The van der Waals surface area contributed by atoms with E-state index < -0.39 is 0 Å². The van der Waals surface area contributed by atoms with Gasteiger partial charge in [-0.1, -0.05) is 37.3 Å². The largest absolute Gasteiger partial charge is 0.294 e. The monoisotopic (exact) mass is 133 g/mol. The van der Waals surface area contributed by atoms with Crippen LogP contribution < -0.4 is 0 Å². The maximum atomic E-state index is 11.0. The molecule has 1 nitrogen and oxygen atoms in total. The average molecular weight is 133 g/mol. The van der Waals surface area contributed by atoms with E-state index in [0.29, 0.717) is 0 Å². The third-order valence-corrected chi connectivity index (χ3v) is 1.32. The topological polar surface area (TPSA) is 17.1 Å². The van der Waals surface area contributed by atoms with Crippen LogP contribution in [0.1, 0.15) is 17.3 Å². The first-order valence-electron chi connectivity index (χ1n) is 3.23. The van der Waals surface area contributed by atoms with Crippen LogP contribution in [0.3, 0.4) is 0 Å². The first-order chi connectivity index (χ1) is 4.84. The van der Waals surface area contributed by atoms with Crippen molar-refractivity contribution >= 4 is 5.78 Å². The van der Waals surface area contributed by atoms with Crippen LogP contribution in [-0.4, -0.2) is 5.78 Å². The van der Waals surface area contributed by atoms with Gasteiger partial charge in [-0.2, -0.15) is 0 Å². The molecule has 1 rings (SSSR count). The molecule has 0 aliphatic rings. The number of carbonyl (C=O) groups excluding carboxylic acids is 1. The van der Waals surface area contributed by atoms with Crippen molar-refractivity contribution in [2.24, 2.45) is 0 Å². The number of rotatable bonds is 2. The van der Waals surface area contributed by atoms with Gasteiger partial charge < -0.3 is 0 Å². The number of hydrogen-bond acceptors (Lipinski definition) is 1. The quantitative estimate of drug-likeness (QED) is 0.564. The molecule has 0 unspecified atom stereocenters. The first-order valence-corrected chi connectivity index (χ1v) is 3.23. The van der Waals surface area contributed by atoms with Crippen molar-refractivity contribution in [1.29, 1.82) is 0 Å². The highest BCUT2D eigenvalue weighted by molar-refractivity contribution is 6.01. The van der Waals surface area contributed by atoms with Gasteiger partial charge in [0.25, 0.3) is 0 Å². The molecule has 10 heavy (non-hydrogen) atoms. The Morgan fingerprint density at radius 1 is 1.30 bits per heavy atom. The van der Waals surface area contributed by atoms with E-state index >= 15 is 0 Å². The van der Waals surface area contributed by atoms with E-state index in [1.54, 1.807) is 13.3 Å². The summed E-state index contributed by atoms with van der Waals surface area (Å²) in [6.07, 6.45) is 1.56. The Balaban J connectivity index is 2.85. The molecule has 1 aromatic rings. The number of benzene rings is 1. The van der Waals surface area contributed by atoms with Gasteiger partial charge in [-0.25, -0.2) is 0 Å². The Bertz CT molecular complexity index is 213. The zero-order valence-electron chi connectivity index (χ0n) is 5.87. The van der Waals surface area contributed by atoms with Crippen LogP contribution in [0.2, 0.25) is 0 Å². The van der Waals surface area contributed by atoms with Crippen LogP contribution in [0.15, 0.2) is 30.3 Å². The molecule has 1 aromatic carbocycles. The summed E-state index contributed by atoms with van der Waals surface area (Å²) in [6, 6.07) is 9.23. The lowest BCUT2D eigenvalue weighted by Gasteiger charge is -1.93. The smallest absolute Gasteiger partial charge is 0.166 e. The second kappa shape index (κ2) is 3.16. The van der Waals surface area contributed by atoms with Crippen molar-refractivity contribution in [2.45, 2.75) is 6.92 Å². The highest BCUT2D eigenvalue weighted by Crippen LogP contribution is 2.00. The van der Waals surface area contributed by atoms with E-state index in [1.165, 1.54) is 0 Å². The lowest BCUT2D eigenvalue weighted by Crippen LogP contribution is -1.95. The molecule has 0 aromatic heterocycles. The van der Waals surface area contributed by atoms with Gasteiger partial charge in [-0.05, 0) is 0 Å². The van der Waals surface area contributed by atoms with Gasteiger partial charge >= 0.3 is 0 Å². The minimum atomic E-state index is 0.0839. The van der Waals surface area contributed by atoms with Gasteiger partial charge in [0, 0.05) is 12.0 Å². The Hall–Kier alpha value is -1.11. The molecule has 0 atom stereocenters. The highest BCUT2D eigenvalue weighted by atomic mass is 16.1. The third kappa shape index (κ3) is 1.44. The molecule has 0 fully saturated rings. The molecule has 0 heterocycles. The maximum Gasteiger partial charge on any atom is 0.166 e. The Kier molecular flexibility index (Phi) is 2.21. The second-order valence-corrected chi connectivity index (χ2v) is 2.02. The zero-order valence-corrected chi connectivity index (χ0v) is 5.87. The number of ketones is 1. The summed E-state index contributed by atoms with van der Waals surface area (Å²) < 4.78 is 0. The normalized spacial score (nSPS) is 9.30. The Morgan fingerprint density at radius 3 is 2.40 bits per heavy atom. The molecule has 0 saturated heterocycles. The van der Waals surface area contributed by atoms with Crippen molar-refractivity contribution in [1.82, 2.24) is 0 Å². The molecule has 0 aliphatic carbocycles. The number of hydrogen-bond donors (Lipinski definition) is 0. The van der Waals surface area contributed by atoms with E-state index in [0.717, 1.165) is 5.56 Å².